The minimum absolute atomic E-state index is 0.0442. The Bertz CT molecular complexity index is 1010. The fraction of sp³-hybridized carbons (Fsp3) is 0.278. The number of hydrogen-bond donors (Lipinski definition) is 1. The van der Waals surface area contributed by atoms with E-state index in [0.29, 0.717) is 22.3 Å². The first-order valence-corrected chi connectivity index (χ1v) is 8.10. The lowest BCUT2D eigenvalue weighted by Crippen LogP contribution is -2.15. The quantitative estimate of drug-likeness (QED) is 0.718. The lowest BCUT2D eigenvalue weighted by atomic mass is 10.1. The number of aromatic nitrogens is 3. The van der Waals surface area contributed by atoms with Crippen molar-refractivity contribution in [1.82, 2.24) is 15.1 Å². The van der Waals surface area contributed by atoms with Crippen molar-refractivity contribution in [2.24, 2.45) is 0 Å². The van der Waals surface area contributed by atoms with Crippen molar-refractivity contribution in [1.29, 1.82) is 0 Å². The molecule has 0 radical (unpaired) electrons. The first kappa shape index (κ1) is 17.5. The fourth-order valence-electron chi connectivity index (χ4n) is 2.45. The van der Waals surface area contributed by atoms with Crippen LogP contribution in [-0.2, 0) is 4.74 Å². The van der Waals surface area contributed by atoms with Crippen LogP contribution >= 0.6 is 0 Å². The van der Waals surface area contributed by atoms with Crippen molar-refractivity contribution >= 4 is 28.8 Å². The Kier molecular flexibility index (Phi) is 4.66. The third kappa shape index (κ3) is 3.26. The Morgan fingerprint density at radius 1 is 1.08 bits per heavy atom. The molecule has 0 unspecified atom stereocenters. The number of ether oxygens (including phenoxy) is 1. The summed E-state index contributed by atoms with van der Waals surface area (Å²) in [6, 6.07) is 4.99. The number of benzene rings is 1. The third-order valence-electron chi connectivity index (χ3n) is 3.91. The average Bonchev–Trinajstić information content (AvgIpc) is 2.96. The number of fused-ring (bicyclic) bond motifs is 1. The maximum absolute atomic E-state index is 12.6. The zero-order valence-electron chi connectivity index (χ0n) is 14.9. The van der Waals surface area contributed by atoms with Gasteiger partial charge in [0.25, 0.3) is 5.91 Å². The van der Waals surface area contributed by atoms with Crippen LogP contribution in [0.25, 0.3) is 11.0 Å². The highest BCUT2D eigenvalue weighted by atomic mass is 16.5. The molecule has 0 aliphatic heterocycles. The van der Waals surface area contributed by atoms with Gasteiger partial charge in [-0.3, -0.25) is 10.1 Å². The molecule has 26 heavy (non-hydrogen) atoms. The first-order chi connectivity index (χ1) is 12.4. The van der Waals surface area contributed by atoms with Crippen LogP contribution in [0.5, 0.6) is 0 Å². The summed E-state index contributed by atoms with van der Waals surface area (Å²) in [6.07, 6.45) is 0. The van der Waals surface area contributed by atoms with E-state index >= 15 is 0 Å². The van der Waals surface area contributed by atoms with Crippen molar-refractivity contribution in [2.45, 2.75) is 27.7 Å². The van der Waals surface area contributed by atoms with Crippen molar-refractivity contribution in [3.63, 3.8) is 0 Å². The molecule has 0 bridgehead atoms. The fourth-order valence-corrected chi connectivity index (χ4v) is 2.45. The molecule has 1 amide bonds. The van der Waals surface area contributed by atoms with Crippen molar-refractivity contribution in [3.8, 4) is 0 Å². The summed E-state index contributed by atoms with van der Waals surface area (Å²) in [7, 11) is 0. The van der Waals surface area contributed by atoms with E-state index in [-0.39, 0.29) is 18.1 Å². The highest BCUT2D eigenvalue weighted by Gasteiger charge is 2.23. The topological polar surface area (TPSA) is 107 Å². The molecule has 8 nitrogen and oxygen atoms in total. The minimum Gasteiger partial charge on any atom is -0.462 e. The van der Waals surface area contributed by atoms with Gasteiger partial charge in [0.1, 0.15) is 5.56 Å². The summed E-state index contributed by atoms with van der Waals surface area (Å²) < 4.78 is 10.0. The Morgan fingerprint density at radius 2 is 1.77 bits per heavy atom. The number of aryl methyl sites for hydroxylation is 3. The largest absolute Gasteiger partial charge is 0.462 e. The summed E-state index contributed by atoms with van der Waals surface area (Å²) >= 11 is 0. The van der Waals surface area contributed by atoms with Gasteiger partial charge in [-0.15, -0.1) is 0 Å². The summed E-state index contributed by atoms with van der Waals surface area (Å²) in [5.41, 5.74) is 3.75. The van der Waals surface area contributed by atoms with Crippen molar-refractivity contribution < 1.29 is 18.8 Å². The van der Waals surface area contributed by atoms with Gasteiger partial charge < -0.3 is 9.26 Å². The third-order valence-corrected chi connectivity index (χ3v) is 3.91. The Hall–Kier alpha value is -3.29. The lowest BCUT2D eigenvalue weighted by molar-refractivity contribution is 0.0526. The summed E-state index contributed by atoms with van der Waals surface area (Å²) in [6.45, 7) is 7.24. The molecule has 1 aromatic carbocycles. The molecule has 0 saturated carbocycles. The first-order valence-electron chi connectivity index (χ1n) is 8.10. The van der Waals surface area contributed by atoms with E-state index in [9.17, 15) is 9.59 Å². The number of rotatable bonds is 4. The van der Waals surface area contributed by atoms with E-state index in [2.05, 4.69) is 20.4 Å². The number of anilines is 1. The van der Waals surface area contributed by atoms with Crippen LogP contribution in [0.15, 0.2) is 22.7 Å². The summed E-state index contributed by atoms with van der Waals surface area (Å²) in [5.74, 6) is -1.09. The van der Waals surface area contributed by atoms with Gasteiger partial charge in [0.2, 0.25) is 5.88 Å². The SMILES string of the molecule is CCOC(=O)c1c(C)noc1NC(=O)c1ccc2nc(C)c(C)nc2c1. The van der Waals surface area contributed by atoms with Gasteiger partial charge >= 0.3 is 5.97 Å². The van der Waals surface area contributed by atoms with Gasteiger partial charge in [0.05, 0.1) is 34.7 Å². The van der Waals surface area contributed by atoms with Gasteiger partial charge in [0.15, 0.2) is 0 Å². The summed E-state index contributed by atoms with van der Waals surface area (Å²) in [4.78, 5) is 33.5. The molecule has 0 fully saturated rings. The van der Waals surface area contributed by atoms with Gasteiger partial charge in [-0.2, -0.15) is 0 Å². The number of nitrogens with zero attached hydrogens (tertiary/aromatic N) is 3. The summed E-state index contributed by atoms with van der Waals surface area (Å²) in [5, 5.41) is 6.29. The van der Waals surface area contributed by atoms with E-state index in [4.69, 9.17) is 9.26 Å². The maximum atomic E-state index is 12.6. The van der Waals surface area contributed by atoms with Crippen LogP contribution in [0, 0.1) is 20.8 Å². The second-order valence-corrected chi connectivity index (χ2v) is 5.74. The molecule has 8 heteroatoms. The van der Waals surface area contributed by atoms with Crippen LogP contribution in [0.1, 0.15) is 44.7 Å². The maximum Gasteiger partial charge on any atom is 0.345 e. The zero-order valence-corrected chi connectivity index (χ0v) is 14.9. The van der Waals surface area contributed by atoms with Crippen LogP contribution in [0.3, 0.4) is 0 Å². The van der Waals surface area contributed by atoms with E-state index < -0.39 is 11.9 Å². The lowest BCUT2D eigenvalue weighted by Gasteiger charge is -2.06. The van der Waals surface area contributed by atoms with Crippen LogP contribution in [-0.4, -0.2) is 33.6 Å². The highest BCUT2D eigenvalue weighted by Crippen LogP contribution is 2.22. The van der Waals surface area contributed by atoms with Gasteiger partial charge in [-0.25, -0.2) is 14.8 Å². The molecule has 0 atom stereocenters. The molecular formula is C18H18N4O4. The van der Waals surface area contributed by atoms with Crippen LogP contribution in [0.2, 0.25) is 0 Å². The number of esters is 1. The van der Waals surface area contributed by atoms with Gasteiger partial charge in [-0.05, 0) is 45.9 Å². The van der Waals surface area contributed by atoms with Gasteiger partial charge in [-0.1, -0.05) is 5.16 Å². The molecule has 134 valence electrons. The Morgan fingerprint density at radius 3 is 2.46 bits per heavy atom. The second-order valence-electron chi connectivity index (χ2n) is 5.74. The molecular weight excluding hydrogens is 336 g/mol. The monoisotopic (exact) mass is 354 g/mol. The zero-order chi connectivity index (χ0) is 18.8. The molecule has 2 aromatic heterocycles. The normalized spacial score (nSPS) is 10.8. The molecule has 3 rings (SSSR count). The molecule has 3 aromatic rings. The molecule has 0 aliphatic rings. The number of carbonyl (C=O) groups is 2. The molecule has 0 saturated heterocycles. The van der Waals surface area contributed by atoms with E-state index in [1.54, 1.807) is 32.0 Å². The minimum atomic E-state index is -0.600. The molecule has 0 spiro atoms. The van der Waals surface area contributed by atoms with Gasteiger partial charge in [0, 0.05) is 5.56 Å². The van der Waals surface area contributed by atoms with Crippen LogP contribution < -0.4 is 5.32 Å². The predicted octanol–water partition coefficient (Wildman–Crippen LogP) is 2.97. The smallest absolute Gasteiger partial charge is 0.345 e. The Balaban J connectivity index is 1.90. The number of amides is 1. The van der Waals surface area contributed by atoms with Crippen LogP contribution in [0.4, 0.5) is 5.88 Å². The Labute approximate surface area is 149 Å². The average molecular weight is 354 g/mol. The van der Waals surface area contributed by atoms with Crippen molar-refractivity contribution in [2.75, 3.05) is 11.9 Å². The highest BCUT2D eigenvalue weighted by molar-refractivity contribution is 6.08. The second kappa shape index (κ2) is 6.91. The molecule has 0 aliphatic carbocycles. The van der Waals surface area contributed by atoms with Crippen molar-refractivity contribution in [3.05, 3.63) is 46.4 Å². The number of nitrogens with one attached hydrogen (secondary N) is 1. The number of carbonyl (C=O) groups excluding carboxylic acids is 2. The predicted molar refractivity (Wildman–Crippen MR) is 94.2 cm³/mol. The number of hydrogen-bond acceptors (Lipinski definition) is 7. The van der Waals surface area contributed by atoms with E-state index in [1.165, 1.54) is 0 Å². The van der Waals surface area contributed by atoms with E-state index in [0.717, 1.165) is 11.4 Å². The standard InChI is InChI=1S/C18H18N4O4/c1-5-25-18(24)15-11(4)22-26-17(15)21-16(23)12-6-7-13-14(8-12)20-10(3)9(2)19-13/h6-8H,5H2,1-4H3,(H,21,23). The van der Waals surface area contributed by atoms with E-state index in [1.807, 2.05) is 13.8 Å². The molecule has 2 heterocycles. The molecule has 1 N–H and O–H groups in total.